The first kappa shape index (κ1) is 12.9. The predicted molar refractivity (Wildman–Crippen MR) is 86.3 cm³/mol. The highest BCUT2D eigenvalue weighted by atomic mass is 35.5. The average Bonchev–Trinajstić information content (AvgIpc) is 2.62. The normalized spacial score (nSPS) is 21.1. The van der Waals surface area contributed by atoms with Crippen LogP contribution in [-0.2, 0) is 0 Å². The number of hydrogen-bond donors (Lipinski definition) is 2. The molecule has 2 rings (SSSR count). The maximum Gasteiger partial charge on any atom is 0.408 e. The Bertz CT molecular complexity index is 1040. The summed E-state index contributed by atoms with van der Waals surface area (Å²) in [6, 6.07) is -8.18. The van der Waals surface area contributed by atoms with Crippen molar-refractivity contribution in [3.63, 3.8) is 0 Å². The second-order valence-corrected chi connectivity index (χ2v) is 5.11. The summed E-state index contributed by atoms with van der Waals surface area (Å²) in [5, 5.41) is 2.18. The van der Waals surface area contributed by atoms with Crippen LogP contribution >= 0.6 is 11.6 Å². The highest BCUT2D eigenvalue weighted by molar-refractivity contribution is 6.29. The summed E-state index contributed by atoms with van der Waals surface area (Å²) < 4.78 is 131. The molecule has 2 aromatic heterocycles. The van der Waals surface area contributed by atoms with E-state index in [1.165, 1.54) is 10.6 Å². The van der Waals surface area contributed by atoms with Crippen LogP contribution in [0.1, 0.15) is 23.4 Å². The van der Waals surface area contributed by atoms with E-state index in [0.29, 0.717) is 6.92 Å². The molecule has 0 aromatic carbocycles. The van der Waals surface area contributed by atoms with Crippen molar-refractivity contribution in [3.8, 4) is 11.5 Å². The van der Waals surface area contributed by atoms with Crippen LogP contribution in [0.2, 0.25) is 5.15 Å². The molecule has 2 atom stereocenters. The lowest BCUT2D eigenvalue weighted by Gasteiger charge is -2.20. The number of hydrogen-bond acceptors (Lipinski definition) is 6. The molecule has 0 bridgehead atoms. The number of halogens is 7. The summed E-state index contributed by atoms with van der Waals surface area (Å²) in [5.74, 6) is -3.26. The first-order valence-corrected chi connectivity index (χ1v) is 7.07. The number of nitrogens with zero attached hydrogens (tertiary/aromatic N) is 4. The monoisotopic (exact) mass is 421 g/mol. The molecule has 2 aromatic rings. The van der Waals surface area contributed by atoms with E-state index in [4.69, 9.17) is 21.2 Å². The third-order valence-corrected chi connectivity index (χ3v) is 2.89. The molecule has 0 aliphatic heterocycles. The van der Waals surface area contributed by atoms with Gasteiger partial charge in [0.1, 0.15) is 22.9 Å². The Labute approximate surface area is 164 Å². The third-order valence-electron chi connectivity index (χ3n) is 2.71. The van der Waals surface area contributed by atoms with E-state index < -0.39 is 71.9 Å². The van der Waals surface area contributed by atoms with Gasteiger partial charge in [0.25, 0.3) is 0 Å². The van der Waals surface area contributed by atoms with Crippen molar-refractivity contribution < 1.29 is 35.9 Å². The third kappa shape index (κ3) is 5.81. The molecule has 0 spiro atoms. The molecule has 148 valence electrons. The van der Waals surface area contributed by atoms with Gasteiger partial charge in [-0.05, 0) is 25.9 Å². The molecule has 0 fully saturated rings. The van der Waals surface area contributed by atoms with Crippen molar-refractivity contribution in [1.82, 2.24) is 19.9 Å². The van der Waals surface area contributed by atoms with E-state index in [2.05, 4.69) is 19.9 Å². The van der Waals surface area contributed by atoms with Gasteiger partial charge in [-0.15, -0.1) is 0 Å². The zero-order chi connectivity index (χ0) is 26.5. The fraction of sp³-hybridized carbons (Fsp3) is 0.429. The van der Waals surface area contributed by atoms with Crippen LogP contribution in [-0.4, -0.2) is 44.3 Å². The molecule has 0 saturated carbocycles. The number of aromatic nitrogens is 4. The summed E-state index contributed by atoms with van der Waals surface area (Å²) in [6.07, 6.45) is -11.0. The van der Waals surface area contributed by atoms with Gasteiger partial charge < -0.3 is 10.6 Å². The molecule has 2 heterocycles. The maximum absolute atomic E-state index is 13.4. The van der Waals surface area contributed by atoms with Crippen LogP contribution in [0.15, 0.2) is 18.2 Å². The fourth-order valence-corrected chi connectivity index (χ4v) is 1.61. The number of nitrogens with one attached hydrogen (secondary N) is 2. The fourth-order valence-electron chi connectivity index (χ4n) is 1.47. The summed E-state index contributed by atoms with van der Waals surface area (Å²) in [5.41, 5.74) is -0.505. The minimum Gasteiger partial charge on any atom is -0.343 e. The Morgan fingerprint density at radius 3 is 2.07 bits per heavy atom. The molecule has 0 radical (unpaired) electrons. The molecule has 2 unspecified atom stereocenters. The van der Waals surface area contributed by atoms with Gasteiger partial charge >= 0.3 is 12.4 Å². The first-order valence-electron chi connectivity index (χ1n) is 10.2. The first-order chi connectivity index (χ1) is 15.1. The smallest absolute Gasteiger partial charge is 0.343 e. The number of rotatable bonds is 5. The van der Waals surface area contributed by atoms with E-state index in [1.54, 1.807) is 0 Å². The van der Waals surface area contributed by atoms with Gasteiger partial charge in [0.15, 0.2) is 5.82 Å². The van der Waals surface area contributed by atoms with Crippen LogP contribution in [0.25, 0.3) is 11.5 Å². The Balaban J connectivity index is 2.73. The van der Waals surface area contributed by atoms with Gasteiger partial charge in [0, 0.05) is 4.11 Å². The molecule has 2 N–H and O–H groups in total. The summed E-state index contributed by atoms with van der Waals surface area (Å²) in [4.78, 5) is 13.9. The minimum atomic E-state index is -5.74. The summed E-state index contributed by atoms with van der Waals surface area (Å²) >= 11 is 5.69. The summed E-state index contributed by atoms with van der Waals surface area (Å²) in [6.45, 7) is -3.72. The zero-order valence-corrected chi connectivity index (χ0v) is 13.8. The Morgan fingerprint density at radius 1 is 1.04 bits per heavy atom. The maximum atomic E-state index is 13.4. The van der Waals surface area contributed by atoms with E-state index in [9.17, 15) is 26.3 Å². The molecule has 6 nitrogen and oxygen atoms in total. The van der Waals surface area contributed by atoms with E-state index >= 15 is 0 Å². The van der Waals surface area contributed by atoms with Crippen LogP contribution in [0, 0.1) is 0 Å². The molecule has 0 aliphatic rings. The van der Waals surface area contributed by atoms with Gasteiger partial charge in [-0.25, -0.2) is 4.98 Å². The molecule has 0 amide bonds. The van der Waals surface area contributed by atoms with E-state index in [-0.39, 0.29) is 0 Å². The minimum absolute atomic E-state index is 0.336. The van der Waals surface area contributed by atoms with Crippen molar-refractivity contribution in [2.45, 2.75) is 38.2 Å². The number of alkyl halides is 6. The lowest BCUT2D eigenvalue weighted by atomic mass is 10.3. The van der Waals surface area contributed by atoms with Crippen molar-refractivity contribution in [3.05, 3.63) is 23.3 Å². The van der Waals surface area contributed by atoms with Crippen molar-refractivity contribution >= 4 is 23.5 Å². The van der Waals surface area contributed by atoms with Gasteiger partial charge in [-0.3, -0.25) is 0 Å². The summed E-state index contributed by atoms with van der Waals surface area (Å²) in [7, 11) is 0. The topological polar surface area (TPSA) is 75.6 Å². The molecular formula is C14H13ClF6N6. The highest BCUT2D eigenvalue weighted by Gasteiger charge is 2.38. The predicted octanol–water partition coefficient (Wildman–Crippen LogP) is 4.31. The second kappa shape index (κ2) is 7.71. The Kier molecular flexibility index (Phi) is 3.69. The van der Waals surface area contributed by atoms with Crippen molar-refractivity contribution in [2.75, 3.05) is 10.6 Å². The van der Waals surface area contributed by atoms with E-state index in [1.807, 2.05) is 0 Å². The molecule has 0 saturated heterocycles. The highest BCUT2D eigenvalue weighted by Crippen LogP contribution is 2.26. The van der Waals surface area contributed by atoms with Crippen molar-refractivity contribution in [2.24, 2.45) is 0 Å². The van der Waals surface area contributed by atoms with Crippen LogP contribution in [0.3, 0.4) is 0 Å². The standard InChI is InChI=1S/C14H13ClF6N6/c1-6(13(16,17)18)22-11-25-10(8-4-3-5-9(15)24-8)26-12(27-11)23-7(2)14(19,20)21/h3-7H,1-2H3,(H2,22,23,25,26,27)/i1D3,3D,5D,6D,7D. The molecule has 13 heteroatoms. The van der Waals surface area contributed by atoms with Crippen LogP contribution < -0.4 is 10.6 Å². The van der Waals surface area contributed by atoms with Crippen LogP contribution in [0.5, 0.6) is 0 Å². The largest absolute Gasteiger partial charge is 0.408 e. The second-order valence-electron chi connectivity index (χ2n) is 4.75. The van der Waals surface area contributed by atoms with Gasteiger partial charge in [-0.1, -0.05) is 17.6 Å². The van der Waals surface area contributed by atoms with Crippen molar-refractivity contribution in [1.29, 1.82) is 0 Å². The number of anilines is 2. The molecule has 0 aliphatic carbocycles. The number of pyridine rings is 1. The Hall–Kier alpha value is -2.37. The molecule has 27 heavy (non-hydrogen) atoms. The van der Waals surface area contributed by atoms with Crippen LogP contribution in [0.4, 0.5) is 38.2 Å². The average molecular weight is 422 g/mol. The quantitative estimate of drug-likeness (QED) is 0.553. The van der Waals surface area contributed by atoms with Gasteiger partial charge in [0.2, 0.25) is 11.9 Å². The van der Waals surface area contributed by atoms with E-state index in [0.717, 1.165) is 6.07 Å². The van der Waals surface area contributed by atoms with Gasteiger partial charge in [-0.2, -0.15) is 41.3 Å². The zero-order valence-electron chi connectivity index (χ0n) is 20.0. The molecular weight excluding hydrogens is 402 g/mol. The lowest BCUT2D eigenvalue weighted by molar-refractivity contribution is -0.139. The van der Waals surface area contributed by atoms with Gasteiger partial charge in [0.05, 0.1) is 5.48 Å². The SMILES string of the molecule is [2H]c1cc(-c2nc(NC([2H])(C)C(F)(F)F)nc(NC([2H])(C([2H])([2H])[2H])C(F)(F)F)n2)nc(Cl)c1[2H]. The lowest BCUT2D eigenvalue weighted by Crippen LogP contribution is -2.35. The Morgan fingerprint density at radius 2 is 1.59 bits per heavy atom.